The molecule has 7 atom stereocenters. The van der Waals surface area contributed by atoms with E-state index in [9.17, 15) is 9.90 Å². The first-order valence-electron chi connectivity index (χ1n) is 9.36. The van der Waals surface area contributed by atoms with Gasteiger partial charge in [-0.05, 0) is 74.0 Å². The van der Waals surface area contributed by atoms with Gasteiger partial charge in [-0.2, -0.15) is 11.8 Å². The van der Waals surface area contributed by atoms with E-state index >= 15 is 0 Å². The van der Waals surface area contributed by atoms with Crippen LogP contribution in [-0.4, -0.2) is 28.5 Å². The van der Waals surface area contributed by atoms with Crippen LogP contribution in [0.1, 0.15) is 58.8 Å². The largest absolute Gasteiger partial charge is 0.392 e. The Morgan fingerprint density at radius 3 is 2.70 bits per heavy atom. The highest BCUT2D eigenvalue weighted by atomic mass is 32.2. The van der Waals surface area contributed by atoms with E-state index in [0.717, 1.165) is 23.5 Å². The lowest BCUT2D eigenvalue weighted by Crippen LogP contribution is -2.55. The second-order valence-electron chi connectivity index (χ2n) is 8.90. The van der Waals surface area contributed by atoms with Crippen molar-refractivity contribution in [3.8, 4) is 0 Å². The van der Waals surface area contributed by atoms with Gasteiger partial charge in [0, 0.05) is 17.1 Å². The molecule has 0 aliphatic heterocycles. The molecule has 3 saturated carbocycles. The normalized spacial score (nSPS) is 52.4. The van der Waals surface area contributed by atoms with Crippen LogP contribution in [-0.2, 0) is 4.79 Å². The third-order valence-electron chi connectivity index (χ3n) is 8.27. The summed E-state index contributed by atoms with van der Waals surface area (Å²) in [4.78, 5) is 11.9. The van der Waals surface area contributed by atoms with Gasteiger partial charge in [0.2, 0.25) is 0 Å². The van der Waals surface area contributed by atoms with E-state index < -0.39 is 6.10 Å². The zero-order valence-corrected chi connectivity index (χ0v) is 15.5. The summed E-state index contributed by atoms with van der Waals surface area (Å²) in [6.07, 6.45) is 11.6. The molecular weight excluding hydrogens is 304 g/mol. The van der Waals surface area contributed by atoms with Crippen LogP contribution in [0.4, 0.5) is 0 Å². The highest BCUT2D eigenvalue weighted by molar-refractivity contribution is 7.99. The molecule has 1 unspecified atom stereocenters. The third kappa shape index (κ3) is 2.08. The molecule has 0 saturated heterocycles. The predicted molar refractivity (Wildman–Crippen MR) is 95.4 cm³/mol. The number of thioether (sulfide) groups is 1. The molecule has 0 aromatic heterocycles. The molecule has 1 N–H and O–H groups in total. The van der Waals surface area contributed by atoms with E-state index in [0.29, 0.717) is 17.8 Å². The zero-order chi connectivity index (χ0) is 16.4. The summed E-state index contributed by atoms with van der Waals surface area (Å²) in [6, 6.07) is 0. The fraction of sp³-hybridized carbons (Fsp3) is 0.850. The number of fused-ring (bicyclic) bond motifs is 5. The van der Waals surface area contributed by atoms with Crippen molar-refractivity contribution in [2.24, 2.45) is 28.6 Å². The summed E-state index contributed by atoms with van der Waals surface area (Å²) < 4.78 is 0. The monoisotopic (exact) mass is 334 g/mol. The van der Waals surface area contributed by atoms with Crippen molar-refractivity contribution in [3.63, 3.8) is 0 Å². The summed E-state index contributed by atoms with van der Waals surface area (Å²) in [5, 5.41) is 11.6. The summed E-state index contributed by atoms with van der Waals surface area (Å²) in [7, 11) is 0. The number of carbonyl (C=O) groups is 1. The number of ketones is 1. The Kier molecular flexibility index (Phi) is 3.77. The molecule has 0 bridgehead atoms. The maximum absolute atomic E-state index is 11.9. The molecule has 4 aliphatic carbocycles. The van der Waals surface area contributed by atoms with Crippen LogP contribution in [0.2, 0.25) is 0 Å². The third-order valence-corrected chi connectivity index (χ3v) is 9.61. The van der Waals surface area contributed by atoms with Crippen LogP contribution in [0.15, 0.2) is 11.6 Å². The second kappa shape index (κ2) is 5.36. The first kappa shape index (κ1) is 16.2. The summed E-state index contributed by atoms with van der Waals surface area (Å²) in [5.74, 6) is 2.27. The van der Waals surface area contributed by atoms with Gasteiger partial charge >= 0.3 is 0 Å². The summed E-state index contributed by atoms with van der Waals surface area (Å²) in [5.41, 5.74) is 1.61. The predicted octanol–water partition coefficient (Wildman–Crippen LogP) is 4.22. The molecule has 2 nitrogen and oxygen atoms in total. The number of rotatable bonds is 1. The van der Waals surface area contributed by atoms with Crippen molar-refractivity contribution < 1.29 is 9.90 Å². The minimum Gasteiger partial charge on any atom is -0.392 e. The first-order valence-corrected chi connectivity index (χ1v) is 10.6. The SMILES string of the molecule is CS[C@H]1CC[C@H]2[C@@H]3CCC4=CC(=O)CC(O)[C@]4(C)[C@H]3CC[C@]12C. The van der Waals surface area contributed by atoms with Gasteiger partial charge in [0.15, 0.2) is 5.78 Å². The second-order valence-corrected chi connectivity index (χ2v) is 9.94. The molecule has 4 rings (SSSR count). The van der Waals surface area contributed by atoms with Gasteiger partial charge in [0.25, 0.3) is 0 Å². The average molecular weight is 335 g/mol. The molecule has 0 amide bonds. The Morgan fingerprint density at radius 1 is 1.17 bits per heavy atom. The van der Waals surface area contributed by atoms with Crippen molar-refractivity contribution in [1.82, 2.24) is 0 Å². The van der Waals surface area contributed by atoms with Crippen LogP contribution in [0, 0.1) is 28.6 Å². The molecule has 3 fully saturated rings. The van der Waals surface area contributed by atoms with Crippen LogP contribution >= 0.6 is 11.8 Å². The lowest BCUT2D eigenvalue weighted by atomic mass is 9.47. The van der Waals surface area contributed by atoms with Crippen LogP contribution < -0.4 is 0 Å². The Hall–Kier alpha value is -0.280. The molecule has 0 heterocycles. The summed E-state index contributed by atoms with van der Waals surface area (Å²) >= 11 is 2.07. The van der Waals surface area contributed by atoms with Crippen molar-refractivity contribution >= 4 is 17.5 Å². The van der Waals surface area contributed by atoms with Crippen molar-refractivity contribution in [1.29, 1.82) is 0 Å². The molecule has 23 heavy (non-hydrogen) atoms. The number of aliphatic hydroxyl groups excluding tert-OH is 1. The molecule has 4 aliphatic rings. The smallest absolute Gasteiger partial charge is 0.158 e. The number of hydrogen-bond donors (Lipinski definition) is 1. The van der Waals surface area contributed by atoms with Gasteiger partial charge in [-0.3, -0.25) is 4.79 Å². The molecule has 128 valence electrons. The van der Waals surface area contributed by atoms with Gasteiger partial charge in [-0.1, -0.05) is 19.4 Å². The molecule has 0 radical (unpaired) electrons. The minimum atomic E-state index is -0.468. The molecule has 0 aromatic carbocycles. The number of aliphatic hydroxyl groups is 1. The maximum Gasteiger partial charge on any atom is 0.158 e. The van der Waals surface area contributed by atoms with E-state index in [4.69, 9.17) is 0 Å². The van der Waals surface area contributed by atoms with Crippen molar-refractivity contribution in [3.05, 3.63) is 11.6 Å². The van der Waals surface area contributed by atoms with Crippen molar-refractivity contribution in [2.45, 2.75) is 70.1 Å². The van der Waals surface area contributed by atoms with Crippen LogP contribution in [0.25, 0.3) is 0 Å². The minimum absolute atomic E-state index is 0.132. The van der Waals surface area contributed by atoms with E-state index in [1.54, 1.807) is 0 Å². The van der Waals surface area contributed by atoms with Gasteiger partial charge in [0.1, 0.15) is 0 Å². The summed E-state index contributed by atoms with van der Waals surface area (Å²) in [6.45, 7) is 4.80. The molecular formula is C20H30O2S. The lowest BCUT2D eigenvalue weighted by molar-refractivity contribution is -0.126. The van der Waals surface area contributed by atoms with E-state index in [1.807, 2.05) is 6.08 Å². The standard InChI is InChI=1S/C20H30O2S/c1-19-9-8-16-14(15(19)6-7-18(19)23-3)5-4-12-10-13(21)11-17(22)20(12,16)2/h10,14-18,22H,4-9,11H2,1-3H3/t14-,15-,16-,17?,18-,19-,20-/m0/s1. The van der Waals surface area contributed by atoms with Crippen molar-refractivity contribution in [2.75, 3.05) is 6.26 Å². The number of carbonyl (C=O) groups excluding carboxylic acids is 1. The highest BCUT2D eigenvalue weighted by Crippen LogP contribution is 2.66. The van der Waals surface area contributed by atoms with E-state index in [1.165, 1.54) is 37.7 Å². The Labute approximate surface area is 144 Å². The Balaban J connectivity index is 1.70. The topological polar surface area (TPSA) is 37.3 Å². The van der Waals surface area contributed by atoms with Gasteiger partial charge in [-0.15, -0.1) is 0 Å². The average Bonchev–Trinajstić information content (AvgIpc) is 2.85. The number of hydrogen-bond acceptors (Lipinski definition) is 3. The highest BCUT2D eigenvalue weighted by Gasteiger charge is 2.60. The lowest BCUT2D eigenvalue weighted by Gasteiger charge is -2.59. The quantitative estimate of drug-likeness (QED) is 0.780. The van der Waals surface area contributed by atoms with E-state index in [2.05, 4.69) is 31.9 Å². The zero-order valence-electron chi connectivity index (χ0n) is 14.7. The van der Waals surface area contributed by atoms with Gasteiger partial charge in [-0.25, -0.2) is 0 Å². The fourth-order valence-electron chi connectivity index (χ4n) is 6.95. The maximum atomic E-state index is 11.9. The van der Waals surface area contributed by atoms with Gasteiger partial charge < -0.3 is 5.11 Å². The Morgan fingerprint density at radius 2 is 1.96 bits per heavy atom. The van der Waals surface area contributed by atoms with Crippen LogP contribution in [0.3, 0.4) is 0 Å². The molecule has 0 aromatic rings. The first-order chi connectivity index (χ1) is 10.9. The van der Waals surface area contributed by atoms with Crippen LogP contribution in [0.5, 0.6) is 0 Å². The molecule has 3 heteroatoms. The van der Waals surface area contributed by atoms with Gasteiger partial charge in [0.05, 0.1) is 6.10 Å². The fourth-order valence-corrected chi connectivity index (χ4v) is 8.15. The Bertz CT molecular complexity index is 556. The van der Waals surface area contributed by atoms with E-state index in [-0.39, 0.29) is 11.2 Å². The molecule has 0 spiro atoms.